The van der Waals surface area contributed by atoms with Crippen LogP contribution in [0, 0.1) is 0 Å². The normalized spacial score (nSPS) is 10.5. The summed E-state index contributed by atoms with van der Waals surface area (Å²) in [6, 6.07) is 33.4. The molecule has 0 radical (unpaired) electrons. The highest BCUT2D eigenvalue weighted by Crippen LogP contribution is 2.23. The number of hydrogen-bond acceptors (Lipinski definition) is 5. The lowest BCUT2D eigenvalue weighted by Gasteiger charge is -2.07. The quantitative estimate of drug-likeness (QED) is 0.168. The van der Waals surface area contributed by atoms with E-state index >= 15 is 0 Å². The van der Waals surface area contributed by atoms with E-state index in [1.165, 1.54) is 38.9 Å². The molecule has 322 valence electrons. The molecule has 0 aliphatic heterocycles. The first-order valence-electron chi connectivity index (χ1n) is 21.7. The third-order valence-electron chi connectivity index (χ3n) is 9.79. The Bertz CT molecular complexity index is 2170. The average molecular weight is 835 g/mol. The van der Waals surface area contributed by atoms with Crippen LogP contribution in [0.2, 0.25) is 0 Å². The van der Waals surface area contributed by atoms with Crippen LogP contribution < -0.4 is 0 Å². The van der Waals surface area contributed by atoms with Crippen molar-refractivity contribution < 1.29 is 0 Å². The number of aromatic amines is 2. The Labute approximate surface area is 371 Å². The largest absolute Gasteiger partial charge is 0.365 e. The van der Waals surface area contributed by atoms with Crippen LogP contribution >= 0.6 is 11.3 Å². The summed E-state index contributed by atoms with van der Waals surface area (Å²) < 4.78 is 0. The molecule has 0 aliphatic carbocycles. The van der Waals surface area contributed by atoms with Crippen molar-refractivity contribution in [2.24, 2.45) is 0 Å². The zero-order valence-corrected chi connectivity index (χ0v) is 39.5. The summed E-state index contributed by atoms with van der Waals surface area (Å²) >= 11 is 1.77. The highest BCUT2D eigenvalue weighted by atomic mass is 32.1. The number of imidazole rings is 1. The van der Waals surface area contributed by atoms with Gasteiger partial charge in [0.25, 0.3) is 0 Å². The Morgan fingerprint density at radius 2 is 1.11 bits per heavy atom. The molecule has 0 bridgehead atoms. The number of thiophene rings is 1. The van der Waals surface area contributed by atoms with Gasteiger partial charge in [-0.25, -0.2) is 4.98 Å². The van der Waals surface area contributed by atoms with E-state index in [2.05, 4.69) is 190 Å². The highest BCUT2D eigenvalue weighted by Gasteiger charge is 2.05. The number of nitrogens with one attached hydrogen (secondary N) is 2. The van der Waals surface area contributed by atoms with Crippen molar-refractivity contribution in [3.8, 4) is 11.4 Å². The van der Waals surface area contributed by atoms with Gasteiger partial charge in [0.2, 0.25) is 0 Å². The van der Waals surface area contributed by atoms with Gasteiger partial charge in [0.1, 0.15) is 5.82 Å². The molecular weight excluding hydrogens is 765 g/mol. The second kappa shape index (κ2) is 27.2. The van der Waals surface area contributed by atoms with Gasteiger partial charge in [0.05, 0.1) is 5.52 Å². The highest BCUT2D eigenvalue weighted by molar-refractivity contribution is 7.08. The van der Waals surface area contributed by atoms with Gasteiger partial charge < -0.3 is 9.97 Å². The Morgan fingerprint density at radius 1 is 0.459 bits per heavy atom. The van der Waals surface area contributed by atoms with Gasteiger partial charge >= 0.3 is 0 Å². The van der Waals surface area contributed by atoms with Gasteiger partial charge in [-0.15, -0.1) is 0 Å². The Morgan fingerprint density at radius 3 is 1.59 bits per heavy atom. The standard InChI is InChI=1S/C12H14N2.C12H13N.2C8H11N.C7H11N.C7H10S/c1-9(2)10-4-3-5-11(8-10)12-13-6-7-14-12;1-9(2)11-7-3-5-10-6-4-8-13-12(10)11;1-7(2)8-3-5-9-6-4-8;1-7(2)8-4-3-5-9-6-8;1-6(2)7-4-3-5-8-7;1-6(2)7-3-4-8-5-7/h3-9H,1-2H3,(H,13,14);3-9H,1-2H3;2*3-7H,1-2H3;3-6,8H,1-2H3;3-6H,1-2H3. The zero-order valence-electron chi connectivity index (χ0n) is 38.7. The van der Waals surface area contributed by atoms with Crippen LogP contribution in [0.25, 0.3) is 22.3 Å². The summed E-state index contributed by atoms with van der Waals surface area (Å²) in [4.78, 5) is 22.8. The summed E-state index contributed by atoms with van der Waals surface area (Å²) in [6.07, 6.45) is 14.8. The van der Waals surface area contributed by atoms with E-state index in [-0.39, 0.29) is 0 Å². The maximum absolute atomic E-state index is 4.40. The maximum atomic E-state index is 4.40. The minimum atomic E-state index is 0.540. The molecule has 6 heterocycles. The SMILES string of the molecule is CC(C)c1ccc[nH]1.CC(C)c1cccc(-c2ncc[nH]2)c1.CC(C)c1cccc2cccnc12.CC(C)c1cccnc1.CC(C)c1ccncc1.CC(C)c1ccsc1. The first kappa shape index (κ1) is 49.7. The van der Waals surface area contributed by atoms with Gasteiger partial charge in [-0.05, 0) is 123 Å². The molecule has 0 saturated heterocycles. The molecule has 2 aromatic carbocycles. The Balaban J connectivity index is 0.000000198. The van der Waals surface area contributed by atoms with Gasteiger partial charge in [-0.3, -0.25) is 15.0 Å². The Kier molecular flexibility index (Phi) is 22.2. The van der Waals surface area contributed by atoms with Crippen molar-refractivity contribution in [2.45, 2.75) is 119 Å². The molecule has 0 aliphatic rings. The van der Waals surface area contributed by atoms with Crippen molar-refractivity contribution >= 4 is 22.2 Å². The molecule has 0 atom stereocenters. The fourth-order valence-corrected chi connectivity index (χ4v) is 6.66. The third-order valence-corrected chi connectivity index (χ3v) is 10.5. The second-order valence-electron chi connectivity index (χ2n) is 16.7. The van der Waals surface area contributed by atoms with Crippen LogP contribution in [0.5, 0.6) is 0 Å². The van der Waals surface area contributed by atoms with Crippen LogP contribution in [-0.4, -0.2) is 29.9 Å². The second-order valence-corrected chi connectivity index (χ2v) is 17.4. The summed E-state index contributed by atoms with van der Waals surface area (Å²) in [5.41, 5.74) is 10.4. The van der Waals surface area contributed by atoms with E-state index in [1.807, 2.05) is 67.5 Å². The van der Waals surface area contributed by atoms with Gasteiger partial charge in [0, 0.05) is 66.2 Å². The average Bonchev–Trinajstić information content (AvgIpc) is 4.11. The molecule has 0 saturated carbocycles. The summed E-state index contributed by atoms with van der Waals surface area (Å²) in [7, 11) is 0. The number of hydrogen-bond donors (Lipinski definition) is 2. The molecule has 7 heteroatoms. The molecule has 0 spiro atoms. The van der Waals surface area contributed by atoms with Crippen molar-refractivity contribution in [1.82, 2.24) is 29.9 Å². The minimum Gasteiger partial charge on any atom is -0.365 e. The molecule has 0 unspecified atom stereocenters. The number of H-pyrrole nitrogens is 2. The molecule has 2 N–H and O–H groups in total. The number of nitrogens with zero attached hydrogens (tertiary/aromatic N) is 4. The van der Waals surface area contributed by atoms with Crippen molar-refractivity contribution in [2.75, 3.05) is 0 Å². The van der Waals surface area contributed by atoms with Crippen molar-refractivity contribution in [3.05, 3.63) is 191 Å². The first-order valence-corrected chi connectivity index (χ1v) is 22.6. The molecule has 0 fully saturated rings. The predicted octanol–water partition coefficient (Wildman–Crippen LogP) is 16.0. The molecule has 8 aromatic rings. The van der Waals surface area contributed by atoms with Crippen molar-refractivity contribution in [3.63, 3.8) is 0 Å². The number of rotatable bonds is 7. The van der Waals surface area contributed by atoms with E-state index < -0.39 is 0 Å². The molecule has 8 rings (SSSR count). The van der Waals surface area contributed by atoms with Crippen LogP contribution in [-0.2, 0) is 0 Å². The molecule has 61 heavy (non-hydrogen) atoms. The lowest BCUT2D eigenvalue weighted by Crippen LogP contribution is -1.90. The molecule has 6 nitrogen and oxygen atoms in total. The predicted molar refractivity (Wildman–Crippen MR) is 264 cm³/mol. The molecular formula is C54H70N6S. The fraction of sp³-hybridized carbons (Fsp3) is 0.333. The van der Waals surface area contributed by atoms with Crippen LogP contribution in [0.4, 0.5) is 0 Å². The van der Waals surface area contributed by atoms with Gasteiger partial charge in [-0.2, -0.15) is 11.3 Å². The van der Waals surface area contributed by atoms with Crippen LogP contribution in [0.15, 0.2) is 157 Å². The van der Waals surface area contributed by atoms with E-state index in [9.17, 15) is 0 Å². The monoisotopic (exact) mass is 835 g/mol. The minimum absolute atomic E-state index is 0.540. The number of benzene rings is 2. The molecule has 6 aromatic heterocycles. The summed E-state index contributed by atoms with van der Waals surface area (Å²) in [5.74, 6) is 4.58. The number of fused-ring (bicyclic) bond motifs is 1. The van der Waals surface area contributed by atoms with E-state index in [0.29, 0.717) is 35.5 Å². The third kappa shape index (κ3) is 18.2. The van der Waals surface area contributed by atoms with E-state index in [0.717, 1.165) is 16.9 Å². The Hall–Kier alpha value is -5.66. The van der Waals surface area contributed by atoms with Crippen molar-refractivity contribution in [1.29, 1.82) is 0 Å². The smallest absolute Gasteiger partial charge is 0.137 e. The summed E-state index contributed by atoms with van der Waals surface area (Å²) in [5, 5.41) is 5.55. The van der Waals surface area contributed by atoms with E-state index in [1.54, 1.807) is 23.7 Å². The maximum Gasteiger partial charge on any atom is 0.137 e. The summed E-state index contributed by atoms with van der Waals surface area (Å²) in [6.45, 7) is 26.2. The van der Waals surface area contributed by atoms with Crippen LogP contribution in [0.1, 0.15) is 152 Å². The number of pyridine rings is 3. The van der Waals surface area contributed by atoms with Gasteiger partial charge in [-0.1, -0.05) is 132 Å². The first-order chi connectivity index (χ1) is 29.3. The van der Waals surface area contributed by atoms with Crippen LogP contribution in [0.3, 0.4) is 0 Å². The number of aromatic nitrogens is 6. The van der Waals surface area contributed by atoms with Gasteiger partial charge in [0.15, 0.2) is 0 Å². The van der Waals surface area contributed by atoms with E-state index in [4.69, 9.17) is 0 Å². The molecule has 0 amide bonds. The number of para-hydroxylation sites is 1. The fourth-order valence-electron chi connectivity index (χ4n) is 5.83. The topological polar surface area (TPSA) is 83.1 Å². The lowest BCUT2D eigenvalue weighted by molar-refractivity contribution is 0.833. The zero-order chi connectivity index (χ0) is 44.6. The lowest BCUT2D eigenvalue weighted by atomic mass is 10.00.